The van der Waals surface area contributed by atoms with Crippen molar-refractivity contribution in [1.82, 2.24) is 14.6 Å². The van der Waals surface area contributed by atoms with Gasteiger partial charge in [-0.05, 0) is 43.2 Å². The second-order valence-electron chi connectivity index (χ2n) is 4.69. The van der Waals surface area contributed by atoms with Gasteiger partial charge in [-0.1, -0.05) is 23.7 Å². The van der Waals surface area contributed by atoms with E-state index in [1.54, 1.807) is 17.7 Å². The number of benzene rings is 1. The zero-order chi connectivity index (χ0) is 14.3. The molecule has 2 aromatic heterocycles. The third-order valence-electron chi connectivity index (χ3n) is 3.38. The Morgan fingerprint density at radius 1 is 1.10 bits per heavy atom. The molecule has 0 atom stereocenters. The van der Waals surface area contributed by atoms with Gasteiger partial charge < -0.3 is 4.74 Å². The molecule has 0 radical (unpaired) electrons. The fourth-order valence-corrected chi connectivity index (χ4v) is 2.29. The molecule has 5 heteroatoms. The molecule has 0 amide bonds. The molecule has 0 aliphatic rings. The van der Waals surface area contributed by atoms with Crippen LogP contribution in [0, 0.1) is 13.8 Å². The van der Waals surface area contributed by atoms with Crippen LogP contribution < -0.4 is 4.74 Å². The molecule has 3 rings (SSSR count). The summed E-state index contributed by atoms with van der Waals surface area (Å²) >= 11 is 5.93. The monoisotopic (exact) mass is 287 g/mol. The predicted molar refractivity (Wildman–Crippen MR) is 79.5 cm³/mol. The highest BCUT2D eigenvalue weighted by atomic mass is 35.5. The van der Waals surface area contributed by atoms with Gasteiger partial charge in [-0.2, -0.15) is 9.61 Å². The number of methoxy groups -OCH3 is 1. The van der Waals surface area contributed by atoms with Crippen LogP contribution in [-0.2, 0) is 0 Å². The van der Waals surface area contributed by atoms with Crippen molar-refractivity contribution < 1.29 is 4.74 Å². The number of ether oxygens (including phenoxy) is 1. The van der Waals surface area contributed by atoms with Gasteiger partial charge in [0.1, 0.15) is 10.8 Å². The van der Waals surface area contributed by atoms with Gasteiger partial charge in [0.15, 0.2) is 5.65 Å². The van der Waals surface area contributed by atoms with Gasteiger partial charge in [0.25, 0.3) is 0 Å². The van der Waals surface area contributed by atoms with Gasteiger partial charge in [0.2, 0.25) is 5.88 Å². The first-order valence-corrected chi connectivity index (χ1v) is 6.65. The number of rotatable bonds is 2. The number of hydrogen-bond donors (Lipinski definition) is 0. The van der Waals surface area contributed by atoms with Crippen LogP contribution in [0.5, 0.6) is 5.88 Å². The molecule has 0 saturated carbocycles. The normalized spacial score (nSPS) is 11.0. The van der Waals surface area contributed by atoms with Crippen molar-refractivity contribution in [3.63, 3.8) is 0 Å². The lowest BCUT2D eigenvalue weighted by Gasteiger charge is -2.05. The van der Waals surface area contributed by atoms with E-state index in [0.717, 1.165) is 11.3 Å². The van der Waals surface area contributed by atoms with Gasteiger partial charge in [-0.25, -0.2) is 4.98 Å². The smallest absolute Gasteiger partial charge is 0.243 e. The summed E-state index contributed by atoms with van der Waals surface area (Å²) in [6, 6.07) is 9.75. The Morgan fingerprint density at radius 3 is 2.60 bits per heavy atom. The van der Waals surface area contributed by atoms with Gasteiger partial charge in [-0.3, -0.25) is 0 Å². The molecule has 0 N–H and O–H groups in total. The lowest BCUT2D eigenvalue weighted by molar-refractivity contribution is 0.389. The molecule has 0 saturated heterocycles. The van der Waals surface area contributed by atoms with E-state index in [-0.39, 0.29) is 0 Å². The van der Waals surface area contributed by atoms with E-state index in [1.807, 2.05) is 12.1 Å². The average molecular weight is 288 g/mol. The zero-order valence-corrected chi connectivity index (χ0v) is 12.3. The zero-order valence-electron chi connectivity index (χ0n) is 11.5. The molecular formula is C15H14ClN3O. The highest BCUT2D eigenvalue weighted by Gasteiger charge is 2.16. The van der Waals surface area contributed by atoms with Crippen molar-refractivity contribution in [2.24, 2.45) is 0 Å². The predicted octanol–water partition coefficient (Wildman–Crippen LogP) is 3.68. The van der Waals surface area contributed by atoms with Crippen molar-refractivity contribution in [3.8, 4) is 17.1 Å². The number of hydrogen-bond acceptors (Lipinski definition) is 3. The fourth-order valence-electron chi connectivity index (χ4n) is 2.15. The first-order chi connectivity index (χ1) is 9.60. The Bertz CT molecular complexity index is 795. The summed E-state index contributed by atoms with van der Waals surface area (Å²) in [6.45, 7) is 4.16. The molecule has 1 aromatic carbocycles. The van der Waals surface area contributed by atoms with Crippen molar-refractivity contribution in [2.75, 3.05) is 7.11 Å². The molecule has 4 nitrogen and oxygen atoms in total. The number of halogens is 1. The molecule has 2 heterocycles. The minimum absolute atomic E-state index is 0.403. The Labute approximate surface area is 122 Å². The Morgan fingerprint density at radius 2 is 1.90 bits per heavy atom. The SMILES string of the molecule is COc1c(-c2ccc(C)c(C)c2)nc2ccc(Cl)nn12. The van der Waals surface area contributed by atoms with Crippen LogP contribution in [0.2, 0.25) is 5.15 Å². The summed E-state index contributed by atoms with van der Waals surface area (Å²) in [7, 11) is 1.61. The second-order valence-corrected chi connectivity index (χ2v) is 5.08. The maximum atomic E-state index is 5.93. The number of aromatic nitrogens is 3. The maximum Gasteiger partial charge on any atom is 0.243 e. The molecule has 0 bridgehead atoms. The van der Waals surface area contributed by atoms with Crippen molar-refractivity contribution in [1.29, 1.82) is 0 Å². The highest BCUT2D eigenvalue weighted by Crippen LogP contribution is 2.31. The van der Waals surface area contributed by atoms with Gasteiger partial charge in [-0.15, -0.1) is 0 Å². The lowest BCUT2D eigenvalue weighted by Crippen LogP contribution is -1.96. The summed E-state index contributed by atoms with van der Waals surface area (Å²) in [4.78, 5) is 4.58. The van der Waals surface area contributed by atoms with E-state index in [1.165, 1.54) is 11.1 Å². The summed E-state index contributed by atoms with van der Waals surface area (Å²) in [6.07, 6.45) is 0. The average Bonchev–Trinajstić information content (AvgIpc) is 2.79. The quantitative estimate of drug-likeness (QED) is 0.722. The van der Waals surface area contributed by atoms with Crippen LogP contribution in [0.25, 0.3) is 16.9 Å². The molecule has 0 fully saturated rings. The standard InChI is InChI=1S/C15H14ClN3O/c1-9-4-5-11(8-10(9)2)14-15(20-3)19-13(17-14)7-6-12(16)18-19/h4-8H,1-3H3. The number of nitrogens with zero attached hydrogens (tertiary/aromatic N) is 3. The van der Waals surface area contributed by atoms with Crippen LogP contribution >= 0.6 is 11.6 Å². The highest BCUT2D eigenvalue weighted by molar-refractivity contribution is 6.29. The molecule has 3 aromatic rings. The fraction of sp³-hybridized carbons (Fsp3) is 0.200. The van der Waals surface area contributed by atoms with E-state index in [4.69, 9.17) is 16.3 Å². The minimum Gasteiger partial charge on any atom is -0.479 e. The van der Waals surface area contributed by atoms with Crippen molar-refractivity contribution in [2.45, 2.75) is 13.8 Å². The first kappa shape index (κ1) is 12.9. The van der Waals surface area contributed by atoms with E-state index < -0.39 is 0 Å². The van der Waals surface area contributed by atoms with E-state index in [2.05, 4.69) is 36.1 Å². The summed E-state index contributed by atoms with van der Waals surface area (Å²) in [5, 5.41) is 4.63. The van der Waals surface area contributed by atoms with E-state index in [9.17, 15) is 0 Å². The Kier molecular flexibility index (Phi) is 3.10. The first-order valence-electron chi connectivity index (χ1n) is 6.27. The molecule has 0 spiro atoms. The molecular weight excluding hydrogens is 274 g/mol. The Balaban J connectivity index is 2.27. The molecule has 0 aliphatic carbocycles. The van der Waals surface area contributed by atoms with Crippen LogP contribution in [0.1, 0.15) is 11.1 Å². The number of imidazole rings is 1. The summed E-state index contributed by atoms with van der Waals surface area (Å²) in [5.74, 6) is 0.589. The molecule has 0 aliphatic heterocycles. The number of fused-ring (bicyclic) bond motifs is 1. The van der Waals surface area contributed by atoms with E-state index in [0.29, 0.717) is 16.7 Å². The molecule has 20 heavy (non-hydrogen) atoms. The Hall–Kier alpha value is -2.07. The van der Waals surface area contributed by atoms with Crippen molar-refractivity contribution >= 4 is 17.2 Å². The largest absolute Gasteiger partial charge is 0.479 e. The molecule has 0 unspecified atom stereocenters. The molecule has 102 valence electrons. The van der Waals surface area contributed by atoms with Crippen LogP contribution in [0.4, 0.5) is 0 Å². The lowest BCUT2D eigenvalue weighted by atomic mass is 10.0. The second kappa shape index (κ2) is 4.80. The van der Waals surface area contributed by atoms with E-state index >= 15 is 0 Å². The van der Waals surface area contributed by atoms with Gasteiger partial charge in [0.05, 0.1) is 7.11 Å². The summed E-state index contributed by atoms with van der Waals surface area (Å²) < 4.78 is 7.08. The van der Waals surface area contributed by atoms with Crippen molar-refractivity contribution in [3.05, 3.63) is 46.6 Å². The number of aryl methyl sites for hydroxylation is 2. The van der Waals surface area contributed by atoms with Crippen LogP contribution in [0.15, 0.2) is 30.3 Å². The minimum atomic E-state index is 0.403. The maximum absolute atomic E-state index is 5.93. The van der Waals surface area contributed by atoms with Crippen LogP contribution in [-0.4, -0.2) is 21.7 Å². The van der Waals surface area contributed by atoms with Crippen LogP contribution in [0.3, 0.4) is 0 Å². The third-order valence-corrected chi connectivity index (χ3v) is 3.58. The topological polar surface area (TPSA) is 39.4 Å². The van der Waals surface area contributed by atoms with Gasteiger partial charge >= 0.3 is 0 Å². The van der Waals surface area contributed by atoms with Gasteiger partial charge in [0, 0.05) is 5.56 Å². The summed E-state index contributed by atoms with van der Waals surface area (Å²) in [5.41, 5.74) is 4.95. The third kappa shape index (κ3) is 2.02.